The summed E-state index contributed by atoms with van der Waals surface area (Å²) in [7, 11) is 0. The number of para-hydroxylation sites is 1. The van der Waals surface area contributed by atoms with E-state index in [4.69, 9.17) is 5.73 Å². The van der Waals surface area contributed by atoms with Gasteiger partial charge in [0.25, 0.3) is 0 Å². The fourth-order valence-corrected chi connectivity index (χ4v) is 3.04. The zero-order valence-electron chi connectivity index (χ0n) is 14.2. The molecule has 3 heterocycles. The van der Waals surface area contributed by atoms with Gasteiger partial charge >= 0.3 is 0 Å². The lowest BCUT2D eigenvalue weighted by Gasteiger charge is -2.09. The van der Waals surface area contributed by atoms with Crippen LogP contribution in [0.1, 0.15) is 0 Å². The monoisotopic (exact) mass is 353 g/mol. The number of nitrogen functional groups attached to an aromatic ring is 1. The van der Waals surface area contributed by atoms with Gasteiger partial charge in [-0.25, -0.2) is 4.98 Å². The molecule has 7 nitrogen and oxygen atoms in total. The van der Waals surface area contributed by atoms with Crippen LogP contribution < -0.4 is 11.1 Å². The van der Waals surface area contributed by atoms with E-state index in [-0.39, 0.29) is 0 Å². The Labute approximate surface area is 154 Å². The molecule has 0 bridgehead atoms. The number of pyridine rings is 1. The fourth-order valence-electron chi connectivity index (χ4n) is 3.04. The van der Waals surface area contributed by atoms with Gasteiger partial charge in [-0.05, 0) is 30.3 Å². The van der Waals surface area contributed by atoms with E-state index in [1.165, 1.54) is 0 Å². The second kappa shape index (κ2) is 6.06. The van der Waals surface area contributed by atoms with Gasteiger partial charge in [-0.3, -0.25) is 10.1 Å². The molecule has 2 aromatic carbocycles. The normalized spacial score (nSPS) is 11.1. The minimum Gasteiger partial charge on any atom is -0.383 e. The molecule has 7 heteroatoms. The van der Waals surface area contributed by atoms with Crippen molar-refractivity contribution in [2.75, 3.05) is 11.1 Å². The second-order valence-electron chi connectivity index (χ2n) is 6.21. The van der Waals surface area contributed by atoms with Crippen molar-refractivity contribution >= 4 is 39.3 Å². The Morgan fingerprint density at radius 3 is 2.74 bits per heavy atom. The quantitative estimate of drug-likeness (QED) is 0.454. The van der Waals surface area contributed by atoms with Gasteiger partial charge in [0.15, 0.2) is 0 Å². The van der Waals surface area contributed by atoms with Crippen LogP contribution in [0.4, 0.5) is 17.5 Å². The number of nitrogens with two attached hydrogens (primary N) is 1. The first-order chi connectivity index (χ1) is 13.3. The maximum atomic E-state index is 6.19. The number of hydrogen-bond acceptors (Lipinski definition) is 6. The predicted octanol–water partition coefficient (Wildman–Crippen LogP) is 3.89. The van der Waals surface area contributed by atoms with Gasteiger partial charge in [0, 0.05) is 40.0 Å². The van der Waals surface area contributed by atoms with Crippen LogP contribution in [-0.2, 0) is 0 Å². The van der Waals surface area contributed by atoms with Gasteiger partial charge in [0.2, 0.25) is 5.95 Å². The van der Waals surface area contributed by atoms with Crippen molar-refractivity contribution in [3.05, 3.63) is 67.1 Å². The molecule has 0 saturated carbocycles. The summed E-state index contributed by atoms with van der Waals surface area (Å²) in [5.41, 5.74) is 10.6. The lowest BCUT2D eigenvalue weighted by atomic mass is 10.1. The molecule has 0 spiro atoms. The van der Waals surface area contributed by atoms with Crippen LogP contribution >= 0.6 is 0 Å². The molecular weight excluding hydrogens is 338 g/mol. The maximum absolute atomic E-state index is 6.19. The Morgan fingerprint density at radius 1 is 0.889 bits per heavy atom. The first kappa shape index (κ1) is 15.3. The number of anilines is 3. The summed E-state index contributed by atoms with van der Waals surface area (Å²) in [5, 5.41) is 12.2. The maximum Gasteiger partial charge on any atom is 0.229 e. The van der Waals surface area contributed by atoms with Gasteiger partial charge in [-0.15, -0.1) is 0 Å². The van der Waals surface area contributed by atoms with E-state index >= 15 is 0 Å². The molecule has 130 valence electrons. The van der Waals surface area contributed by atoms with Crippen molar-refractivity contribution in [2.24, 2.45) is 0 Å². The van der Waals surface area contributed by atoms with Crippen molar-refractivity contribution < 1.29 is 0 Å². The van der Waals surface area contributed by atoms with E-state index in [2.05, 4.69) is 30.5 Å². The third kappa shape index (κ3) is 2.81. The minimum absolute atomic E-state index is 0.396. The Bertz CT molecular complexity index is 1280. The fraction of sp³-hybridized carbons (Fsp3) is 0. The molecule has 5 aromatic rings. The highest BCUT2D eigenvalue weighted by molar-refractivity contribution is 5.86. The average molecular weight is 353 g/mol. The lowest BCUT2D eigenvalue weighted by molar-refractivity contribution is 1.12. The van der Waals surface area contributed by atoms with Crippen molar-refractivity contribution in [3.8, 4) is 11.1 Å². The molecular formula is C20H15N7. The summed E-state index contributed by atoms with van der Waals surface area (Å²) in [5.74, 6) is 0.830. The van der Waals surface area contributed by atoms with Gasteiger partial charge < -0.3 is 11.1 Å². The number of aromatic nitrogens is 5. The van der Waals surface area contributed by atoms with E-state index in [9.17, 15) is 0 Å². The highest BCUT2D eigenvalue weighted by Gasteiger charge is 2.09. The van der Waals surface area contributed by atoms with E-state index < -0.39 is 0 Å². The first-order valence-electron chi connectivity index (χ1n) is 8.44. The van der Waals surface area contributed by atoms with E-state index in [1.54, 1.807) is 18.6 Å². The molecule has 0 aliphatic rings. The van der Waals surface area contributed by atoms with Crippen LogP contribution in [-0.4, -0.2) is 25.1 Å². The van der Waals surface area contributed by atoms with Crippen molar-refractivity contribution in [1.82, 2.24) is 25.1 Å². The van der Waals surface area contributed by atoms with E-state index in [0.717, 1.165) is 38.6 Å². The predicted molar refractivity (Wildman–Crippen MR) is 107 cm³/mol. The standard InChI is InChI=1S/C20H15N7/c21-19-16(14-7-12-3-1-2-4-17(12)22-9-14)11-23-20(26-19)25-15-6-5-13-10-24-27-18(13)8-15/h1-11H,(H,24,27)(H3,21,23,25,26). The highest BCUT2D eigenvalue weighted by atomic mass is 15.1. The number of hydrogen-bond donors (Lipinski definition) is 3. The van der Waals surface area contributed by atoms with Gasteiger partial charge in [0.1, 0.15) is 5.82 Å². The third-order valence-corrected chi connectivity index (χ3v) is 4.42. The summed E-state index contributed by atoms with van der Waals surface area (Å²) >= 11 is 0. The first-order valence-corrected chi connectivity index (χ1v) is 8.44. The van der Waals surface area contributed by atoms with Crippen LogP contribution in [0.15, 0.2) is 67.1 Å². The minimum atomic E-state index is 0.396. The summed E-state index contributed by atoms with van der Waals surface area (Å²) in [6.45, 7) is 0. The van der Waals surface area contributed by atoms with E-state index in [0.29, 0.717) is 11.8 Å². The molecule has 0 amide bonds. The van der Waals surface area contributed by atoms with Crippen molar-refractivity contribution in [1.29, 1.82) is 0 Å². The largest absolute Gasteiger partial charge is 0.383 e. The molecule has 0 saturated heterocycles. The third-order valence-electron chi connectivity index (χ3n) is 4.42. The summed E-state index contributed by atoms with van der Waals surface area (Å²) in [4.78, 5) is 13.3. The number of rotatable bonds is 3. The highest BCUT2D eigenvalue weighted by Crippen LogP contribution is 2.27. The Hall–Kier alpha value is -4.00. The van der Waals surface area contributed by atoms with Crippen molar-refractivity contribution in [3.63, 3.8) is 0 Å². The zero-order valence-corrected chi connectivity index (χ0v) is 14.2. The zero-order chi connectivity index (χ0) is 18.2. The summed E-state index contributed by atoms with van der Waals surface area (Å²) < 4.78 is 0. The summed E-state index contributed by atoms with van der Waals surface area (Å²) in [6, 6.07) is 15.8. The topological polar surface area (TPSA) is 105 Å². The molecule has 27 heavy (non-hydrogen) atoms. The molecule has 0 unspecified atom stereocenters. The summed E-state index contributed by atoms with van der Waals surface area (Å²) in [6.07, 6.45) is 5.28. The van der Waals surface area contributed by atoms with Crippen molar-refractivity contribution in [2.45, 2.75) is 0 Å². The molecule has 3 aromatic heterocycles. The molecule has 0 radical (unpaired) electrons. The van der Waals surface area contributed by atoms with Crippen LogP contribution in [0.2, 0.25) is 0 Å². The van der Waals surface area contributed by atoms with Gasteiger partial charge in [-0.1, -0.05) is 18.2 Å². The molecule has 4 N–H and O–H groups in total. The Balaban J connectivity index is 1.47. The lowest BCUT2D eigenvalue weighted by Crippen LogP contribution is -2.02. The van der Waals surface area contributed by atoms with E-state index in [1.807, 2.05) is 48.5 Å². The molecule has 0 atom stereocenters. The van der Waals surface area contributed by atoms with Crippen LogP contribution in [0, 0.1) is 0 Å². The smallest absolute Gasteiger partial charge is 0.229 e. The van der Waals surface area contributed by atoms with Gasteiger partial charge in [-0.2, -0.15) is 10.1 Å². The number of nitrogens with zero attached hydrogens (tertiary/aromatic N) is 4. The van der Waals surface area contributed by atoms with Crippen LogP contribution in [0.3, 0.4) is 0 Å². The molecule has 0 aliphatic carbocycles. The van der Waals surface area contributed by atoms with Gasteiger partial charge in [0.05, 0.1) is 17.2 Å². The molecule has 0 fully saturated rings. The number of nitrogens with one attached hydrogen (secondary N) is 2. The number of fused-ring (bicyclic) bond motifs is 2. The Morgan fingerprint density at radius 2 is 1.81 bits per heavy atom. The molecule has 0 aliphatic heterocycles. The number of aromatic amines is 1. The van der Waals surface area contributed by atoms with Crippen LogP contribution in [0.5, 0.6) is 0 Å². The second-order valence-corrected chi connectivity index (χ2v) is 6.21. The number of benzene rings is 2. The molecule has 5 rings (SSSR count). The van der Waals surface area contributed by atoms with Crippen LogP contribution in [0.25, 0.3) is 32.9 Å². The average Bonchev–Trinajstić information content (AvgIpc) is 3.16. The Kier molecular flexibility index (Phi) is 3.43. The SMILES string of the molecule is Nc1nc(Nc2ccc3cn[nH]c3c2)ncc1-c1cnc2ccccc2c1. The number of H-pyrrole nitrogens is 1.